The topological polar surface area (TPSA) is 80.9 Å². The molecule has 0 amide bonds. The van der Waals surface area contributed by atoms with Crippen LogP contribution < -0.4 is 10.9 Å². The van der Waals surface area contributed by atoms with Crippen LogP contribution in [0.4, 0.5) is 0 Å². The smallest absolute Gasteiger partial charge is 0.423 e. The van der Waals surface area contributed by atoms with E-state index in [2.05, 4.69) is 0 Å². The summed E-state index contributed by atoms with van der Waals surface area (Å²) in [4.78, 5) is 0. The molecule has 0 heterocycles. The Hall–Kier alpha value is -1.33. The van der Waals surface area contributed by atoms with E-state index in [9.17, 15) is 20.1 Å². The minimum atomic E-state index is -1.62. The van der Waals surface area contributed by atoms with Crippen molar-refractivity contribution in [2.24, 2.45) is 0 Å². The minimum Gasteiger partial charge on any atom is -0.423 e. The fourth-order valence-electron chi connectivity index (χ4n) is 2.81. The average Bonchev–Trinajstić information content (AvgIpc) is 2.74. The summed E-state index contributed by atoms with van der Waals surface area (Å²) in [5.41, 5.74) is 2.88. The first-order valence-corrected chi connectivity index (χ1v) is 5.89. The molecule has 6 heteroatoms. The van der Waals surface area contributed by atoms with Gasteiger partial charge in [-0.15, -0.1) is 0 Å². The van der Waals surface area contributed by atoms with E-state index < -0.39 is 14.2 Å². The molecule has 0 aliphatic heterocycles. The van der Waals surface area contributed by atoms with E-state index in [4.69, 9.17) is 0 Å². The lowest BCUT2D eigenvalue weighted by Gasteiger charge is -2.13. The van der Waals surface area contributed by atoms with Crippen LogP contribution in [0.3, 0.4) is 0 Å². The van der Waals surface area contributed by atoms with Crippen LogP contribution in [0.1, 0.15) is 11.1 Å². The Kier molecular flexibility index (Phi) is 2.68. The molecule has 0 radical (unpaired) electrons. The van der Waals surface area contributed by atoms with Crippen LogP contribution in [0.5, 0.6) is 0 Å². The fraction of sp³-hybridized carbons (Fsp3) is 0.167. The maximum Gasteiger partial charge on any atom is 0.489 e. The molecule has 2 aromatic rings. The zero-order valence-corrected chi connectivity index (χ0v) is 9.67. The van der Waals surface area contributed by atoms with Crippen LogP contribution in [0.15, 0.2) is 24.3 Å². The van der Waals surface area contributed by atoms with Gasteiger partial charge in [-0.2, -0.15) is 0 Å². The van der Waals surface area contributed by atoms with E-state index in [1.807, 2.05) is 12.1 Å². The highest BCUT2D eigenvalue weighted by Gasteiger charge is 2.26. The highest BCUT2D eigenvalue weighted by atomic mass is 16.4. The molecule has 4 nitrogen and oxygen atoms in total. The van der Waals surface area contributed by atoms with Crippen LogP contribution in [-0.4, -0.2) is 34.3 Å². The largest absolute Gasteiger partial charge is 0.489 e. The van der Waals surface area contributed by atoms with Gasteiger partial charge in [0.2, 0.25) is 0 Å². The Balaban J connectivity index is 2.45. The zero-order chi connectivity index (χ0) is 12.9. The van der Waals surface area contributed by atoms with Gasteiger partial charge in [-0.3, -0.25) is 0 Å². The van der Waals surface area contributed by atoms with Gasteiger partial charge >= 0.3 is 14.2 Å². The summed E-state index contributed by atoms with van der Waals surface area (Å²) >= 11 is 0. The molecule has 3 rings (SSSR count). The molecular weight excluding hydrogens is 230 g/mol. The number of rotatable bonds is 2. The Morgan fingerprint density at radius 3 is 1.50 bits per heavy atom. The van der Waals surface area contributed by atoms with Crippen LogP contribution in [0, 0.1) is 0 Å². The van der Waals surface area contributed by atoms with Crippen LogP contribution in [-0.2, 0) is 12.8 Å². The number of benzene rings is 2. The second-order valence-corrected chi connectivity index (χ2v) is 4.63. The lowest BCUT2D eigenvalue weighted by molar-refractivity contribution is 0.426. The highest BCUT2D eigenvalue weighted by Crippen LogP contribution is 2.28. The van der Waals surface area contributed by atoms with E-state index in [0.29, 0.717) is 16.3 Å². The quantitative estimate of drug-likeness (QED) is 0.473. The van der Waals surface area contributed by atoms with E-state index >= 15 is 0 Å². The summed E-state index contributed by atoms with van der Waals surface area (Å²) in [7, 11) is -3.24. The molecule has 0 atom stereocenters. The second-order valence-electron chi connectivity index (χ2n) is 4.63. The van der Waals surface area contributed by atoms with E-state index in [1.165, 1.54) is 0 Å². The van der Waals surface area contributed by atoms with Crippen LogP contribution in [0.2, 0.25) is 0 Å². The third-order valence-electron chi connectivity index (χ3n) is 3.62. The van der Waals surface area contributed by atoms with Gasteiger partial charge in [-0.25, -0.2) is 0 Å². The van der Waals surface area contributed by atoms with Gasteiger partial charge in [0.05, 0.1) is 0 Å². The maximum atomic E-state index is 9.42. The third-order valence-corrected chi connectivity index (χ3v) is 3.62. The predicted octanol–water partition coefficient (Wildman–Crippen LogP) is -1.70. The predicted molar refractivity (Wildman–Crippen MR) is 71.0 cm³/mol. The van der Waals surface area contributed by atoms with Gasteiger partial charge in [0.15, 0.2) is 0 Å². The Labute approximate surface area is 105 Å². The second kappa shape index (κ2) is 4.10. The highest BCUT2D eigenvalue weighted by molar-refractivity contribution is 6.68. The van der Waals surface area contributed by atoms with Gasteiger partial charge < -0.3 is 20.1 Å². The molecule has 0 unspecified atom stereocenters. The molecule has 0 bridgehead atoms. The first kappa shape index (κ1) is 11.7. The average molecular weight is 242 g/mol. The summed E-state index contributed by atoms with van der Waals surface area (Å²) in [5.74, 6) is 0. The fourth-order valence-corrected chi connectivity index (χ4v) is 2.81. The molecule has 90 valence electrons. The molecular formula is C12H12B2O4. The molecule has 0 saturated heterocycles. The minimum absolute atomic E-state index is 0.320. The first-order chi connectivity index (χ1) is 8.59. The van der Waals surface area contributed by atoms with E-state index in [0.717, 1.165) is 29.4 Å². The number of aryl methyl sites for hydroxylation is 2. The molecule has 2 aromatic carbocycles. The standard InChI is InChI=1S/C12H12B2O4/c15-13(16)9-5-3-7-1-2-8-4-6-10(14(17)18)12(9)11(7)8/h3-6,15-18H,1-2H2. The molecule has 1 aliphatic rings. The summed E-state index contributed by atoms with van der Waals surface area (Å²) in [6.07, 6.45) is 1.80. The van der Waals surface area contributed by atoms with E-state index in [1.54, 1.807) is 12.1 Å². The summed E-state index contributed by atoms with van der Waals surface area (Å²) in [6.45, 7) is 0. The summed E-state index contributed by atoms with van der Waals surface area (Å²) in [5, 5.41) is 39.2. The first-order valence-electron chi connectivity index (χ1n) is 5.89. The Bertz CT molecular complexity index is 574. The van der Waals surface area contributed by atoms with Gasteiger partial charge in [-0.1, -0.05) is 24.3 Å². The van der Waals surface area contributed by atoms with Crippen molar-refractivity contribution < 1.29 is 20.1 Å². The van der Waals surface area contributed by atoms with Gasteiger partial charge in [0.1, 0.15) is 0 Å². The molecule has 18 heavy (non-hydrogen) atoms. The van der Waals surface area contributed by atoms with Crippen LogP contribution in [0.25, 0.3) is 10.8 Å². The summed E-state index contributed by atoms with van der Waals surface area (Å²) < 4.78 is 0. The summed E-state index contributed by atoms with van der Waals surface area (Å²) in [6, 6.07) is 7.04. The van der Waals surface area contributed by atoms with Crippen molar-refractivity contribution in [1.82, 2.24) is 0 Å². The van der Waals surface area contributed by atoms with Crippen molar-refractivity contribution in [1.29, 1.82) is 0 Å². The maximum absolute atomic E-state index is 9.42. The third kappa shape index (κ3) is 1.58. The number of hydrogen-bond donors (Lipinski definition) is 4. The zero-order valence-electron chi connectivity index (χ0n) is 9.67. The Morgan fingerprint density at radius 1 is 0.667 bits per heavy atom. The SMILES string of the molecule is OB(O)c1ccc2c3c(ccc(B(O)O)c13)CC2. The van der Waals surface area contributed by atoms with Crippen LogP contribution >= 0.6 is 0 Å². The van der Waals surface area contributed by atoms with Gasteiger partial charge in [0, 0.05) is 0 Å². The van der Waals surface area contributed by atoms with Crippen molar-refractivity contribution in [3.8, 4) is 0 Å². The Morgan fingerprint density at radius 2 is 1.11 bits per heavy atom. The molecule has 1 aliphatic carbocycles. The van der Waals surface area contributed by atoms with Crippen molar-refractivity contribution in [2.75, 3.05) is 0 Å². The molecule has 0 aromatic heterocycles. The van der Waals surface area contributed by atoms with Crippen molar-refractivity contribution >= 4 is 35.9 Å². The normalized spacial score (nSPS) is 13.1. The molecule has 0 fully saturated rings. The molecule has 0 saturated carbocycles. The lowest BCUT2D eigenvalue weighted by Crippen LogP contribution is -2.38. The van der Waals surface area contributed by atoms with Crippen molar-refractivity contribution in [3.05, 3.63) is 35.4 Å². The van der Waals surface area contributed by atoms with Gasteiger partial charge in [0.25, 0.3) is 0 Å². The van der Waals surface area contributed by atoms with E-state index in [-0.39, 0.29) is 0 Å². The van der Waals surface area contributed by atoms with Crippen molar-refractivity contribution in [2.45, 2.75) is 12.8 Å². The molecule has 0 spiro atoms. The molecule has 4 N–H and O–H groups in total. The monoisotopic (exact) mass is 242 g/mol. The number of hydrogen-bond acceptors (Lipinski definition) is 4. The van der Waals surface area contributed by atoms with Crippen molar-refractivity contribution in [3.63, 3.8) is 0 Å². The van der Waals surface area contributed by atoms with Gasteiger partial charge in [-0.05, 0) is 45.7 Å². The lowest BCUT2D eigenvalue weighted by atomic mass is 9.69.